The van der Waals surface area contributed by atoms with Crippen molar-refractivity contribution in [2.75, 3.05) is 11.9 Å². The summed E-state index contributed by atoms with van der Waals surface area (Å²) < 4.78 is 5.41. The molecule has 112 valence electrons. The van der Waals surface area contributed by atoms with E-state index in [-0.39, 0.29) is 12.5 Å². The Morgan fingerprint density at radius 2 is 2.19 bits per heavy atom. The van der Waals surface area contributed by atoms with Gasteiger partial charge in [-0.15, -0.1) is 0 Å². The van der Waals surface area contributed by atoms with Gasteiger partial charge in [0, 0.05) is 19.0 Å². The number of carboxylic acid groups (broad SMARTS) is 1. The molecule has 1 unspecified atom stereocenters. The molecule has 1 aromatic carbocycles. The van der Waals surface area contributed by atoms with Crippen molar-refractivity contribution >= 4 is 23.5 Å². The molecule has 0 aromatic heterocycles. The first kappa shape index (κ1) is 14.8. The first-order valence-electron chi connectivity index (χ1n) is 6.51. The SMILES string of the molecule is CC(=O)NC(COc1ccc2c(c1)CCC(=O)N2)C(=O)O. The lowest BCUT2D eigenvalue weighted by molar-refractivity contribution is -0.142. The van der Waals surface area contributed by atoms with Crippen molar-refractivity contribution < 1.29 is 24.2 Å². The van der Waals surface area contributed by atoms with E-state index in [1.165, 1.54) is 6.92 Å². The minimum atomic E-state index is -1.16. The van der Waals surface area contributed by atoms with Gasteiger partial charge in [0.05, 0.1) is 0 Å². The molecule has 1 aliphatic rings. The lowest BCUT2D eigenvalue weighted by Crippen LogP contribution is -2.43. The second-order valence-corrected chi connectivity index (χ2v) is 4.77. The normalized spacial score (nSPS) is 14.6. The van der Waals surface area contributed by atoms with Crippen LogP contribution in [0.2, 0.25) is 0 Å². The van der Waals surface area contributed by atoms with Gasteiger partial charge in [-0.05, 0) is 30.2 Å². The zero-order chi connectivity index (χ0) is 15.4. The van der Waals surface area contributed by atoms with E-state index in [1.807, 2.05) is 0 Å². The van der Waals surface area contributed by atoms with Crippen molar-refractivity contribution in [3.8, 4) is 5.75 Å². The maximum Gasteiger partial charge on any atom is 0.329 e. The number of nitrogens with one attached hydrogen (secondary N) is 2. The number of carbonyl (C=O) groups excluding carboxylic acids is 2. The number of anilines is 1. The maximum atomic E-state index is 11.3. The standard InChI is InChI=1S/C14H16N2O5/c1-8(17)15-12(14(19)20)7-21-10-3-4-11-9(6-10)2-5-13(18)16-11/h3-4,6,12H,2,5,7H2,1H3,(H,15,17)(H,16,18)(H,19,20). The summed E-state index contributed by atoms with van der Waals surface area (Å²) in [5.74, 6) is -1.11. The summed E-state index contributed by atoms with van der Waals surface area (Å²) in [6.07, 6.45) is 1.03. The number of fused-ring (bicyclic) bond motifs is 1. The molecule has 1 atom stereocenters. The summed E-state index contributed by atoms with van der Waals surface area (Å²) in [4.78, 5) is 33.2. The minimum absolute atomic E-state index is 0.0206. The van der Waals surface area contributed by atoms with Crippen LogP contribution in [0.25, 0.3) is 0 Å². The average molecular weight is 292 g/mol. The molecule has 0 saturated carbocycles. The highest BCUT2D eigenvalue weighted by atomic mass is 16.5. The summed E-state index contributed by atoms with van der Waals surface area (Å²) in [7, 11) is 0. The van der Waals surface area contributed by atoms with E-state index in [4.69, 9.17) is 9.84 Å². The van der Waals surface area contributed by atoms with Crippen LogP contribution in [0.1, 0.15) is 18.9 Å². The first-order valence-corrected chi connectivity index (χ1v) is 6.51. The zero-order valence-electron chi connectivity index (χ0n) is 11.5. The average Bonchev–Trinajstić information content (AvgIpc) is 2.42. The molecule has 2 amide bonds. The molecular weight excluding hydrogens is 276 g/mol. The van der Waals surface area contributed by atoms with Crippen molar-refractivity contribution in [2.45, 2.75) is 25.8 Å². The number of aryl methyl sites for hydroxylation is 1. The zero-order valence-corrected chi connectivity index (χ0v) is 11.5. The molecule has 0 bridgehead atoms. The summed E-state index contributed by atoms with van der Waals surface area (Å²) in [5, 5.41) is 14.0. The highest BCUT2D eigenvalue weighted by molar-refractivity contribution is 5.94. The number of rotatable bonds is 5. The number of amides is 2. The van der Waals surface area contributed by atoms with E-state index in [9.17, 15) is 14.4 Å². The van der Waals surface area contributed by atoms with Crippen LogP contribution < -0.4 is 15.4 Å². The van der Waals surface area contributed by atoms with Crippen LogP contribution in [0.5, 0.6) is 5.75 Å². The van der Waals surface area contributed by atoms with Gasteiger partial charge in [-0.2, -0.15) is 0 Å². The minimum Gasteiger partial charge on any atom is -0.491 e. The molecule has 0 aliphatic carbocycles. The Morgan fingerprint density at radius 3 is 2.86 bits per heavy atom. The summed E-state index contributed by atoms with van der Waals surface area (Å²) in [5.41, 5.74) is 1.69. The van der Waals surface area contributed by atoms with Crippen LogP contribution in [-0.2, 0) is 20.8 Å². The van der Waals surface area contributed by atoms with Gasteiger partial charge in [0.2, 0.25) is 11.8 Å². The quantitative estimate of drug-likeness (QED) is 0.734. The van der Waals surface area contributed by atoms with Crippen molar-refractivity contribution in [3.05, 3.63) is 23.8 Å². The Morgan fingerprint density at radius 1 is 1.43 bits per heavy atom. The number of carboxylic acids is 1. The van der Waals surface area contributed by atoms with E-state index in [2.05, 4.69) is 10.6 Å². The van der Waals surface area contributed by atoms with Gasteiger partial charge in [-0.3, -0.25) is 9.59 Å². The fourth-order valence-electron chi connectivity index (χ4n) is 2.05. The molecule has 2 rings (SSSR count). The summed E-state index contributed by atoms with van der Waals surface area (Å²) >= 11 is 0. The Bertz CT molecular complexity index is 585. The highest BCUT2D eigenvalue weighted by Crippen LogP contribution is 2.26. The molecule has 7 heteroatoms. The monoisotopic (exact) mass is 292 g/mol. The number of hydrogen-bond acceptors (Lipinski definition) is 4. The molecular formula is C14H16N2O5. The number of hydrogen-bond donors (Lipinski definition) is 3. The molecule has 0 saturated heterocycles. The maximum absolute atomic E-state index is 11.3. The third-order valence-electron chi connectivity index (χ3n) is 3.06. The second kappa shape index (κ2) is 6.25. The predicted molar refractivity (Wildman–Crippen MR) is 74.1 cm³/mol. The van der Waals surface area contributed by atoms with Gasteiger partial charge < -0.3 is 20.5 Å². The molecule has 3 N–H and O–H groups in total. The summed E-state index contributed by atoms with van der Waals surface area (Å²) in [6, 6.07) is 4.03. The van der Waals surface area contributed by atoms with Gasteiger partial charge in [-0.25, -0.2) is 4.79 Å². The van der Waals surface area contributed by atoms with Crippen LogP contribution >= 0.6 is 0 Å². The van der Waals surface area contributed by atoms with Crippen molar-refractivity contribution in [3.63, 3.8) is 0 Å². The van der Waals surface area contributed by atoms with Crippen LogP contribution in [0.3, 0.4) is 0 Å². The van der Waals surface area contributed by atoms with Gasteiger partial charge in [-0.1, -0.05) is 0 Å². The smallest absolute Gasteiger partial charge is 0.329 e. The van der Waals surface area contributed by atoms with Crippen molar-refractivity contribution in [2.24, 2.45) is 0 Å². The van der Waals surface area contributed by atoms with Crippen LogP contribution in [0.15, 0.2) is 18.2 Å². The molecule has 1 heterocycles. The van der Waals surface area contributed by atoms with E-state index >= 15 is 0 Å². The van der Waals surface area contributed by atoms with Crippen LogP contribution in [-0.4, -0.2) is 35.5 Å². The fourth-order valence-corrected chi connectivity index (χ4v) is 2.05. The van der Waals surface area contributed by atoms with Crippen LogP contribution in [0, 0.1) is 0 Å². The fraction of sp³-hybridized carbons (Fsp3) is 0.357. The molecule has 0 fully saturated rings. The molecule has 0 radical (unpaired) electrons. The van der Waals surface area contributed by atoms with E-state index < -0.39 is 17.9 Å². The molecule has 21 heavy (non-hydrogen) atoms. The third-order valence-corrected chi connectivity index (χ3v) is 3.06. The van der Waals surface area contributed by atoms with Gasteiger partial charge in [0.1, 0.15) is 12.4 Å². The van der Waals surface area contributed by atoms with E-state index in [1.54, 1.807) is 18.2 Å². The number of aliphatic carboxylic acids is 1. The van der Waals surface area contributed by atoms with Crippen LogP contribution in [0.4, 0.5) is 5.69 Å². The lowest BCUT2D eigenvalue weighted by Gasteiger charge is -2.19. The van der Waals surface area contributed by atoms with Gasteiger partial charge in [0.25, 0.3) is 0 Å². The third kappa shape index (κ3) is 3.95. The largest absolute Gasteiger partial charge is 0.491 e. The highest BCUT2D eigenvalue weighted by Gasteiger charge is 2.20. The molecule has 7 nitrogen and oxygen atoms in total. The lowest BCUT2D eigenvalue weighted by atomic mass is 10.0. The van der Waals surface area contributed by atoms with E-state index in [0.717, 1.165) is 11.3 Å². The van der Waals surface area contributed by atoms with Crippen molar-refractivity contribution in [1.29, 1.82) is 0 Å². The summed E-state index contributed by atoms with van der Waals surface area (Å²) in [6.45, 7) is 1.08. The van der Waals surface area contributed by atoms with Gasteiger partial charge >= 0.3 is 5.97 Å². The molecule has 1 aliphatic heterocycles. The van der Waals surface area contributed by atoms with Crippen molar-refractivity contribution in [1.82, 2.24) is 5.32 Å². The topological polar surface area (TPSA) is 105 Å². The Labute approximate surface area is 121 Å². The second-order valence-electron chi connectivity index (χ2n) is 4.77. The Balaban J connectivity index is 2.01. The first-order chi connectivity index (χ1) is 9.95. The van der Waals surface area contributed by atoms with Gasteiger partial charge in [0.15, 0.2) is 6.04 Å². The van der Waals surface area contributed by atoms with E-state index in [0.29, 0.717) is 18.6 Å². The predicted octanol–water partition coefficient (Wildman–Crippen LogP) is 0.539. The number of benzene rings is 1. The Kier molecular flexibility index (Phi) is 4.42. The molecule has 1 aromatic rings. The molecule has 0 spiro atoms. The number of carbonyl (C=O) groups is 3. The Hall–Kier alpha value is -2.57. The number of ether oxygens (including phenoxy) is 1.